The zero-order valence-electron chi connectivity index (χ0n) is 18.8. The molecule has 0 aromatic rings. The summed E-state index contributed by atoms with van der Waals surface area (Å²) in [6.45, 7) is 8.72. The number of carbonyl (C=O) groups is 4. The number of imide groups is 1. The van der Waals surface area contributed by atoms with Gasteiger partial charge in [-0.15, -0.1) is 5.06 Å². The predicted octanol–water partition coefficient (Wildman–Crippen LogP) is 1.50. The number of hydroxylamine groups is 2. The quantitative estimate of drug-likeness (QED) is 0.0922. The SMILES string of the molecule is C=COOCC(COCC)(COCC)COCC(=O)CCCC(=O)ON1C(=O)CCC1=O. The second-order valence-corrected chi connectivity index (χ2v) is 7.23. The van der Waals surface area contributed by atoms with Crippen LogP contribution in [-0.2, 0) is 48.0 Å². The number of hydrogen-bond acceptors (Lipinski definition) is 10. The number of nitrogens with zero attached hydrogens (tertiary/aromatic N) is 1. The van der Waals surface area contributed by atoms with E-state index in [0.717, 1.165) is 6.26 Å². The molecule has 0 radical (unpaired) electrons. The Morgan fingerprint density at radius 2 is 1.56 bits per heavy atom. The van der Waals surface area contributed by atoms with Gasteiger partial charge in [0.25, 0.3) is 11.8 Å². The number of hydrogen-bond donors (Lipinski definition) is 0. The number of ketones is 1. The molecule has 1 aliphatic heterocycles. The Hall–Kier alpha value is -2.34. The third kappa shape index (κ3) is 10.3. The molecule has 1 heterocycles. The van der Waals surface area contributed by atoms with Crippen LogP contribution in [0.15, 0.2) is 12.8 Å². The van der Waals surface area contributed by atoms with Gasteiger partial charge in [0.1, 0.15) is 19.5 Å². The molecule has 2 amide bonds. The minimum absolute atomic E-state index is 0.0285. The minimum Gasteiger partial charge on any atom is -0.381 e. The molecule has 0 atom stereocenters. The highest BCUT2D eigenvalue weighted by Crippen LogP contribution is 2.21. The Labute approximate surface area is 187 Å². The summed E-state index contributed by atoms with van der Waals surface area (Å²) in [6.07, 6.45) is 1.39. The van der Waals surface area contributed by atoms with Crippen LogP contribution in [0.4, 0.5) is 0 Å². The number of carbonyl (C=O) groups excluding carboxylic acids is 4. The highest BCUT2D eigenvalue weighted by Gasteiger charge is 2.34. The molecule has 0 saturated carbocycles. The molecule has 0 spiro atoms. The van der Waals surface area contributed by atoms with E-state index in [0.29, 0.717) is 18.3 Å². The molecule has 32 heavy (non-hydrogen) atoms. The van der Waals surface area contributed by atoms with E-state index in [2.05, 4.69) is 6.58 Å². The first-order chi connectivity index (χ1) is 15.4. The molecular formula is C21H33NO10. The van der Waals surface area contributed by atoms with Crippen molar-refractivity contribution in [3.8, 4) is 0 Å². The number of ether oxygens (including phenoxy) is 3. The normalized spacial score (nSPS) is 14.0. The van der Waals surface area contributed by atoms with Gasteiger partial charge in [-0.3, -0.25) is 14.4 Å². The fourth-order valence-electron chi connectivity index (χ4n) is 2.78. The van der Waals surface area contributed by atoms with Crippen LogP contribution in [0.2, 0.25) is 0 Å². The molecule has 1 rings (SSSR count). The van der Waals surface area contributed by atoms with Gasteiger partial charge in [-0.2, -0.15) is 4.89 Å². The summed E-state index contributed by atoms with van der Waals surface area (Å²) < 4.78 is 16.7. The summed E-state index contributed by atoms with van der Waals surface area (Å²) in [5, 5.41) is 0.488. The van der Waals surface area contributed by atoms with E-state index >= 15 is 0 Å². The molecule has 0 N–H and O–H groups in total. The van der Waals surface area contributed by atoms with E-state index in [1.165, 1.54) is 0 Å². The lowest BCUT2D eigenvalue weighted by Crippen LogP contribution is -2.42. The van der Waals surface area contributed by atoms with E-state index in [1.54, 1.807) is 0 Å². The zero-order chi connectivity index (χ0) is 23.8. The number of Topliss-reactive ketones (excluding diaryl/α,β-unsaturated/α-hetero) is 1. The average Bonchev–Trinajstić information content (AvgIpc) is 3.08. The maximum Gasteiger partial charge on any atom is 0.333 e. The van der Waals surface area contributed by atoms with Crippen molar-refractivity contribution in [2.24, 2.45) is 5.41 Å². The van der Waals surface area contributed by atoms with Crippen molar-refractivity contribution in [2.75, 3.05) is 46.2 Å². The van der Waals surface area contributed by atoms with E-state index in [1.807, 2.05) is 13.8 Å². The lowest BCUT2D eigenvalue weighted by atomic mass is 9.92. The molecule has 0 bridgehead atoms. The third-order valence-electron chi connectivity index (χ3n) is 4.43. The van der Waals surface area contributed by atoms with E-state index in [9.17, 15) is 19.2 Å². The molecule has 1 aliphatic rings. The van der Waals surface area contributed by atoms with Gasteiger partial charge >= 0.3 is 5.97 Å². The van der Waals surface area contributed by atoms with Crippen LogP contribution in [0.5, 0.6) is 0 Å². The van der Waals surface area contributed by atoms with Crippen molar-refractivity contribution in [1.29, 1.82) is 0 Å². The molecule has 1 fully saturated rings. The summed E-state index contributed by atoms with van der Waals surface area (Å²) in [5.41, 5.74) is -0.687. The van der Waals surface area contributed by atoms with Crippen LogP contribution in [0, 0.1) is 5.41 Å². The van der Waals surface area contributed by atoms with Crippen LogP contribution in [0.3, 0.4) is 0 Å². The first-order valence-electron chi connectivity index (χ1n) is 10.6. The topological polar surface area (TPSA) is 127 Å². The van der Waals surface area contributed by atoms with Gasteiger partial charge in [0, 0.05) is 38.9 Å². The maximum atomic E-state index is 12.1. The molecule has 11 nitrogen and oxygen atoms in total. The first kappa shape index (κ1) is 27.7. The summed E-state index contributed by atoms with van der Waals surface area (Å²) in [7, 11) is 0. The Bertz CT molecular complexity index is 612. The van der Waals surface area contributed by atoms with Gasteiger partial charge in [-0.1, -0.05) is 6.58 Å². The van der Waals surface area contributed by atoms with Crippen LogP contribution < -0.4 is 0 Å². The van der Waals surface area contributed by atoms with Crippen LogP contribution in [0.25, 0.3) is 0 Å². The van der Waals surface area contributed by atoms with Gasteiger partial charge < -0.3 is 23.9 Å². The summed E-state index contributed by atoms with van der Waals surface area (Å²) in [4.78, 5) is 61.4. The fourth-order valence-corrected chi connectivity index (χ4v) is 2.78. The van der Waals surface area contributed by atoms with Crippen molar-refractivity contribution < 1.29 is 48.0 Å². The molecule has 11 heteroatoms. The van der Waals surface area contributed by atoms with Crippen LogP contribution in [0.1, 0.15) is 46.0 Å². The van der Waals surface area contributed by atoms with E-state index in [4.69, 9.17) is 28.8 Å². The lowest BCUT2D eigenvalue weighted by molar-refractivity contribution is -0.280. The molecular weight excluding hydrogens is 426 g/mol. The van der Waals surface area contributed by atoms with Crippen molar-refractivity contribution in [2.45, 2.75) is 46.0 Å². The molecule has 0 aliphatic carbocycles. The summed E-state index contributed by atoms with van der Waals surface area (Å²) in [6, 6.07) is 0. The van der Waals surface area contributed by atoms with Gasteiger partial charge in [-0.25, -0.2) is 4.79 Å². The largest absolute Gasteiger partial charge is 0.381 e. The highest BCUT2D eigenvalue weighted by molar-refractivity contribution is 6.01. The van der Waals surface area contributed by atoms with Gasteiger partial charge in [-0.05, 0) is 20.3 Å². The Morgan fingerprint density at radius 1 is 0.969 bits per heavy atom. The molecule has 182 valence electrons. The van der Waals surface area contributed by atoms with Gasteiger partial charge in [0.05, 0.1) is 25.2 Å². The summed E-state index contributed by atoms with van der Waals surface area (Å²) in [5.74, 6) is -2.04. The van der Waals surface area contributed by atoms with Gasteiger partial charge in [0.2, 0.25) is 0 Å². The fraction of sp³-hybridized carbons (Fsp3) is 0.714. The molecule has 0 aromatic carbocycles. The number of amides is 2. The standard InChI is InChI=1S/C21H33NO10/c1-4-27-13-21(14-28-5-2,16-31-30-6-3)15-29-12-17(23)8-7-9-20(26)32-22-18(24)10-11-19(22)25/h6H,3-5,7-16H2,1-2H3. The zero-order valence-corrected chi connectivity index (χ0v) is 18.8. The maximum absolute atomic E-state index is 12.1. The smallest absolute Gasteiger partial charge is 0.333 e. The second kappa shape index (κ2) is 15.5. The van der Waals surface area contributed by atoms with E-state index < -0.39 is 23.2 Å². The minimum atomic E-state index is -0.742. The third-order valence-corrected chi connectivity index (χ3v) is 4.43. The van der Waals surface area contributed by atoms with E-state index in [-0.39, 0.29) is 70.9 Å². The molecule has 0 aromatic heterocycles. The van der Waals surface area contributed by atoms with Crippen molar-refractivity contribution >= 4 is 23.6 Å². The number of rotatable bonds is 19. The van der Waals surface area contributed by atoms with Crippen molar-refractivity contribution in [1.82, 2.24) is 5.06 Å². The average molecular weight is 459 g/mol. The highest BCUT2D eigenvalue weighted by atomic mass is 17.2. The second-order valence-electron chi connectivity index (χ2n) is 7.23. The lowest BCUT2D eigenvalue weighted by Gasteiger charge is -2.31. The van der Waals surface area contributed by atoms with Crippen LogP contribution in [-0.4, -0.2) is 74.9 Å². The van der Waals surface area contributed by atoms with Crippen LogP contribution >= 0.6 is 0 Å². The van der Waals surface area contributed by atoms with Crippen molar-refractivity contribution in [3.63, 3.8) is 0 Å². The monoisotopic (exact) mass is 459 g/mol. The Morgan fingerprint density at radius 3 is 2.12 bits per heavy atom. The Kier molecular flexibility index (Phi) is 13.4. The predicted molar refractivity (Wildman–Crippen MR) is 110 cm³/mol. The van der Waals surface area contributed by atoms with Crippen molar-refractivity contribution in [3.05, 3.63) is 12.8 Å². The molecule has 1 saturated heterocycles. The molecule has 0 unspecified atom stereocenters. The Balaban J connectivity index is 2.41. The summed E-state index contributed by atoms with van der Waals surface area (Å²) >= 11 is 0. The van der Waals surface area contributed by atoms with Gasteiger partial charge in [0.15, 0.2) is 5.78 Å². The first-order valence-corrected chi connectivity index (χ1v) is 10.6.